The first-order valence-electron chi connectivity index (χ1n) is 7.14. The van der Waals surface area contributed by atoms with Gasteiger partial charge in [-0.05, 0) is 12.1 Å². The molecule has 0 N–H and O–H groups in total. The molecule has 2 heteroatoms. The Kier molecular flexibility index (Phi) is 12.0. The van der Waals surface area contributed by atoms with Gasteiger partial charge < -0.3 is 9.47 Å². The second kappa shape index (κ2) is 13.4. The van der Waals surface area contributed by atoms with Crippen molar-refractivity contribution in [3.05, 3.63) is 24.3 Å². The van der Waals surface area contributed by atoms with Crippen molar-refractivity contribution in [3.8, 4) is 35.2 Å². The lowest BCUT2D eigenvalue weighted by atomic mass is 10.3. The van der Waals surface area contributed by atoms with Crippen LogP contribution in [0.1, 0.15) is 40.5 Å². The summed E-state index contributed by atoms with van der Waals surface area (Å²) >= 11 is 0. The van der Waals surface area contributed by atoms with Crippen molar-refractivity contribution in [1.82, 2.24) is 0 Å². The zero-order chi connectivity index (χ0) is 15.1. The molecule has 1 rings (SSSR count). The SMILES string of the molecule is CC.CCC#CCOc1cccc(OCC#CCC)c1. The van der Waals surface area contributed by atoms with Crippen LogP contribution in [-0.2, 0) is 0 Å². The van der Waals surface area contributed by atoms with Crippen LogP contribution in [0.2, 0.25) is 0 Å². The molecule has 0 saturated carbocycles. The van der Waals surface area contributed by atoms with Crippen LogP contribution in [0.3, 0.4) is 0 Å². The maximum absolute atomic E-state index is 5.49. The van der Waals surface area contributed by atoms with Crippen LogP contribution in [0.15, 0.2) is 24.3 Å². The Balaban J connectivity index is 0.00000172. The van der Waals surface area contributed by atoms with Crippen molar-refractivity contribution in [2.24, 2.45) is 0 Å². The van der Waals surface area contributed by atoms with Crippen LogP contribution in [0.4, 0.5) is 0 Å². The summed E-state index contributed by atoms with van der Waals surface area (Å²) in [5.74, 6) is 13.3. The molecule has 1 aromatic rings. The van der Waals surface area contributed by atoms with E-state index in [9.17, 15) is 0 Å². The minimum atomic E-state index is 0.410. The summed E-state index contributed by atoms with van der Waals surface area (Å²) in [5.41, 5.74) is 0. The Hall–Kier alpha value is -2.06. The van der Waals surface area contributed by atoms with Gasteiger partial charge in [-0.1, -0.05) is 45.6 Å². The van der Waals surface area contributed by atoms with Crippen LogP contribution in [0, 0.1) is 23.7 Å². The summed E-state index contributed by atoms with van der Waals surface area (Å²) in [6.45, 7) is 8.84. The smallest absolute Gasteiger partial charge is 0.149 e. The quantitative estimate of drug-likeness (QED) is 0.761. The summed E-state index contributed by atoms with van der Waals surface area (Å²) < 4.78 is 11.0. The van der Waals surface area contributed by atoms with E-state index in [1.54, 1.807) is 0 Å². The van der Waals surface area contributed by atoms with Gasteiger partial charge in [-0.15, -0.1) is 11.8 Å². The highest BCUT2D eigenvalue weighted by Crippen LogP contribution is 2.19. The molecule has 0 spiro atoms. The molecule has 0 aromatic heterocycles. The molecule has 0 aliphatic rings. The van der Waals surface area contributed by atoms with Crippen molar-refractivity contribution in [2.45, 2.75) is 40.5 Å². The molecule has 0 aliphatic heterocycles. The number of ether oxygens (including phenoxy) is 2. The molecular weight excluding hydrogens is 248 g/mol. The Morgan fingerprint density at radius 2 is 1.25 bits per heavy atom. The second-order valence-corrected chi connectivity index (χ2v) is 3.47. The van der Waals surface area contributed by atoms with Gasteiger partial charge in [-0.3, -0.25) is 0 Å². The first-order chi connectivity index (χ1) is 9.86. The topological polar surface area (TPSA) is 18.5 Å². The Morgan fingerprint density at radius 3 is 1.65 bits per heavy atom. The van der Waals surface area contributed by atoms with Gasteiger partial charge in [0.2, 0.25) is 0 Å². The lowest BCUT2D eigenvalue weighted by Crippen LogP contribution is -1.96. The lowest BCUT2D eigenvalue weighted by Gasteiger charge is -2.05. The van der Waals surface area contributed by atoms with Crippen molar-refractivity contribution >= 4 is 0 Å². The average Bonchev–Trinajstić information content (AvgIpc) is 2.51. The van der Waals surface area contributed by atoms with Crippen LogP contribution in [0.25, 0.3) is 0 Å². The van der Waals surface area contributed by atoms with E-state index in [1.165, 1.54) is 0 Å². The third-order valence-electron chi connectivity index (χ3n) is 2.03. The Labute approximate surface area is 123 Å². The van der Waals surface area contributed by atoms with E-state index in [0.29, 0.717) is 13.2 Å². The number of hydrogen-bond donors (Lipinski definition) is 0. The molecule has 0 atom stereocenters. The molecule has 108 valence electrons. The van der Waals surface area contributed by atoms with Gasteiger partial charge in [-0.2, -0.15) is 0 Å². The standard InChI is InChI=1S/C16H18O2.C2H6/c1-3-5-7-12-17-15-10-9-11-16(14-15)18-13-8-6-4-2;1-2/h9-11,14H,3-4,12-13H2,1-2H3;1-2H3. The fourth-order valence-electron chi connectivity index (χ4n) is 1.24. The lowest BCUT2D eigenvalue weighted by molar-refractivity contribution is 0.351. The monoisotopic (exact) mass is 272 g/mol. The van der Waals surface area contributed by atoms with Gasteiger partial charge in [0.15, 0.2) is 0 Å². The normalized spacial score (nSPS) is 8.00. The maximum Gasteiger partial charge on any atom is 0.149 e. The first kappa shape index (κ1) is 17.9. The fourth-order valence-corrected chi connectivity index (χ4v) is 1.24. The van der Waals surface area contributed by atoms with Gasteiger partial charge in [-0.25, -0.2) is 0 Å². The van der Waals surface area contributed by atoms with Crippen LogP contribution < -0.4 is 9.47 Å². The summed E-state index contributed by atoms with van der Waals surface area (Å²) in [6.07, 6.45) is 1.70. The maximum atomic E-state index is 5.49. The minimum absolute atomic E-state index is 0.410. The molecule has 1 aromatic carbocycles. The Morgan fingerprint density at radius 1 is 0.800 bits per heavy atom. The average molecular weight is 272 g/mol. The van der Waals surface area contributed by atoms with Crippen LogP contribution in [-0.4, -0.2) is 13.2 Å². The van der Waals surface area contributed by atoms with E-state index in [4.69, 9.17) is 9.47 Å². The minimum Gasteiger partial charge on any atom is -0.481 e. The predicted molar refractivity (Wildman–Crippen MR) is 84.9 cm³/mol. The molecule has 2 nitrogen and oxygen atoms in total. The van der Waals surface area contributed by atoms with Crippen molar-refractivity contribution in [2.75, 3.05) is 13.2 Å². The van der Waals surface area contributed by atoms with Crippen LogP contribution in [0.5, 0.6) is 11.5 Å². The highest BCUT2D eigenvalue weighted by atomic mass is 16.5. The zero-order valence-electron chi connectivity index (χ0n) is 13.0. The van der Waals surface area contributed by atoms with E-state index < -0.39 is 0 Å². The first-order valence-corrected chi connectivity index (χ1v) is 7.14. The van der Waals surface area contributed by atoms with Gasteiger partial charge in [0.1, 0.15) is 24.7 Å². The van der Waals surface area contributed by atoms with Crippen molar-refractivity contribution in [3.63, 3.8) is 0 Å². The molecular formula is C18H24O2. The molecule has 0 radical (unpaired) electrons. The molecule has 0 amide bonds. The number of benzene rings is 1. The third-order valence-corrected chi connectivity index (χ3v) is 2.03. The molecule has 20 heavy (non-hydrogen) atoms. The molecule has 0 fully saturated rings. The van der Waals surface area contributed by atoms with Crippen molar-refractivity contribution in [1.29, 1.82) is 0 Å². The van der Waals surface area contributed by atoms with Gasteiger partial charge in [0, 0.05) is 18.9 Å². The molecule has 0 aliphatic carbocycles. The van der Waals surface area contributed by atoms with Crippen molar-refractivity contribution < 1.29 is 9.47 Å². The van der Waals surface area contributed by atoms with E-state index >= 15 is 0 Å². The highest BCUT2D eigenvalue weighted by molar-refractivity contribution is 5.33. The van der Waals surface area contributed by atoms with Gasteiger partial charge >= 0.3 is 0 Å². The summed E-state index contributed by atoms with van der Waals surface area (Å²) in [7, 11) is 0. The van der Waals surface area contributed by atoms with E-state index in [-0.39, 0.29) is 0 Å². The van der Waals surface area contributed by atoms with Crippen LogP contribution >= 0.6 is 0 Å². The third kappa shape index (κ3) is 8.95. The molecule has 0 unspecified atom stereocenters. The Bertz CT molecular complexity index is 428. The summed E-state index contributed by atoms with van der Waals surface area (Å²) in [5, 5.41) is 0. The summed E-state index contributed by atoms with van der Waals surface area (Å²) in [4.78, 5) is 0. The van der Waals surface area contributed by atoms with E-state index in [0.717, 1.165) is 24.3 Å². The second-order valence-electron chi connectivity index (χ2n) is 3.47. The largest absolute Gasteiger partial charge is 0.481 e. The zero-order valence-corrected chi connectivity index (χ0v) is 13.0. The number of rotatable bonds is 4. The molecule has 0 bridgehead atoms. The number of hydrogen-bond acceptors (Lipinski definition) is 2. The predicted octanol–water partition coefficient (Wildman–Crippen LogP) is 4.30. The van der Waals surface area contributed by atoms with Gasteiger partial charge in [0.25, 0.3) is 0 Å². The van der Waals surface area contributed by atoms with Gasteiger partial charge in [0.05, 0.1) is 0 Å². The summed E-state index contributed by atoms with van der Waals surface area (Å²) in [6, 6.07) is 7.52. The molecule has 0 saturated heterocycles. The molecule has 0 heterocycles. The highest BCUT2D eigenvalue weighted by Gasteiger charge is 1.96. The van der Waals surface area contributed by atoms with E-state index in [2.05, 4.69) is 23.7 Å². The fraction of sp³-hybridized carbons (Fsp3) is 0.444. The van der Waals surface area contributed by atoms with E-state index in [1.807, 2.05) is 52.0 Å².